The Balaban J connectivity index is 1.92. The molecule has 130 valence electrons. The molecule has 0 radical (unpaired) electrons. The van der Waals surface area contributed by atoms with Gasteiger partial charge in [-0.15, -0.1) is 10.2 Å². The van der Waals surface area contributed by atoms with E-state index in [4.69, 9.17) is 0 Å². The number of anilines is 1. The zero-order valence-electron chi connectivity index (χ0n) is 13.1. The summed E-state index contributed by atoms with van der Waals surface area (Å²) in [6.45, 7) is 1.09. The van der Waals surface area contributed by atoms with Crippen LogP contribution in [0.15, 0.2) is 18.2 Å². The number of hydrogen-bond acceptors (Lipinski definition) is 8. The minimum Gasteiger partial charge on any atom is -0.361 e. The molecule has 0 atom stereocenters. The van der Waals surface area contributed by atoms with Crippen LogP contribution in [0.3, 0.4) is 0 Å². The van der Waals surface area contributed by atoms with Crippen molar-refractivity contribution in [2.45, 2.75) is 13.1 Å². The lowest BCUT2D eigenvalue weighted by atomic mass is 10.2. The van der Waals surface area contributed by atoms with Gasteiger partial charge in [-0.3, -0.25) is 25.0 Å². The number of nitro benzene ring substituents is 2. The third-order valence-electron chi connectivity index (χ3n) is 3.81. The summed E-state index contributed by atoms with van der Waals surface area (Å²) in [6, 6.07) is 3.43. The first kappa shape index (κ1) is 16.3. The quantitative estimate of drug-likeness (QED) is 0.606. The first-order valence-corrected chi connectivity index (χ1v) is 7.22. The average Bonchev–Trinajstić information content (AvgIpc) is 2.98. The summed E-state index contributed by atoms with van der Waals surface area (Å²) in [4.78, 5) is 33.9. The normalized spacial score (nSPS) is 13.1. The van der Waals surface area contributed by atoms with E-state index >= 15 is 0 Å². The molecule has 1 amide bonds. The molecule has 12 heteroatoms. The Morgan fingerprint density at radius 3 is 2.72 bits per heavy atom. The topological polar surface area (TPSA) is 149 Å². The van der Waals surface area contributed by atoms with Crippen molar-refractivity contribution in [2.24, 2.45) is 0 Å². The fraction of sp³-hybridized carbons (Fsp3) is 0.308. The number of benzene rings is 1. The van der Waals surface area contributed by atoms with Crippen LogP contribution in [0.2, 0.25) is 0 Å². The van der Waals surface area contributed by atoms with Crippen LogP contribution in [0.25, 0.3) is 0 Å². The van der Waals surface area contributed by atoms with Crippen LogP contribution in [0.1, 0.15) is 16.4 Å². The molecule has 1 aliphatic rings. The predicted octanol–water partition coefficient (Wildman–Crippen LogP) is 0.474. The number of aromatic nitrogens is 3. The highest BCUT2D eigenvalue weighted by molar-refractivity contribution is 5.91. The van der Waals surface area contributed by atoms with Gasteiger partial charge in [-0.1, -0.05) is 0 Å². The highest BCUT2D eigenvalue weighted by atomic mass is 16.6. The number of non-ortho nitro benzene ring substituents is 1. The summed E-state index contributed by atoms with van der Waals surface area (Å²) in [5.74, 6) is 0.335. The molecule has 1 N–H and O–H groups in total. The van der Waals surface area contributed by atoms with E-state index in [-0.39, 0.29) is 35.3 Å². The number of rotatable bonds is 5. The monoisotopic (exact) mass is 347 g/mol. The molecule has 2 heterocycles. The maximum atomic E-state index is 11.7. The fourth-order valence-electron chi connectivity index (χ4n) is 2.61. The summed E-state index contributed by atoms with van der Waals surface area (Å²) < 4.78 is 1.65. The number of carbonyl (C=O) groups is 1. The Morgan fingerprint density at radius 1 is 1.28 bits per heavy atom. The van der Waals surface area contributed by atoms with Gasteiger partial charge in [0.1, 0.15) is 5.69 Å². The van der Waals surface area contributed by atoms with Crippen molar-refractivity contribution in [1.82, 2.24) is 20.1 Å². The minimum absolute atomic E-state index is 0.152. The number of carbonyl (C=O) groups excluding carboxylic acids is 1. The molecule has 0 spiro atoms. The van der Waals surface area contributed by atoms with E-state index in [1.165, 1.54) is 17.0 Å². The van der Waals surface area contributed by atoms with Gasteiger partial charge < -0.3 is 14.8 Å². The Labute approximate surface area is 140 Å². The van der Waals surface area contributed by atoms with Crippen LogP contribution < -0.4 is 10.2 Å². The highest BCUT2D eigenvalue weighted by Gasteiger charge is 2.26. The fourth-order valence-corrected chi connectivity index (χ4v) is 2.61. The van der Waals surface area contributed by atoms with E-state index in [1.807, 2.05) is 0 Å². The molecule has 0 saturated heterocycles. The van der Waals surface area contributed by atoms with Crippen molar-refractivity contribution in [3.8, 4) is 0 Å². The predicted molar refractivity (Wildman–Crippen MR) is 84.2 cm³/mol. The van der Waals surface area contributed by atoms with Gasteiger partial charge in [0.2, 0.25) is 5.82 Å². The van der Waals surface area contributed by atoms with E-state index in [0.717, 1.165) is 6.07 Å². The second-order valence-electron chi connectivity index (χ2n) is 5.39. The molecular formula is C13H13N7O5. The summed E-state index contributed by atoms with van der Waals surface area (Å²) in [5, 5.41) is 32.5. The van der Waals surface area contributed by atoms with Crippen LogP contribution in [-0.4, -0.2) is 44.1 Å². The summed E-state index contributed by atoms with van der Waals surface area (Å²) in [7, 11) is 1.60. The number of nitro groups is 2. The number of nitrogens with one attached hydrogen (secondary N) is 1. The van der Waals surface area contributed by atoms with Crippen LogP contribution in [0, 0.1) is 20.2 Å². The molecule has 12 nitrogen and oxygen atoms in total. The van der Waals surface area contributed by atoms with Gasteiger partial charge >= 0.3 is 0 Å². The Morgan fingerprint density at radius 2 is 2.04 bits per heavy atom. The summed E-state index contributed by atoms with van der Waals surface area (Å²) in [6.07, 6.45) is 0. The zero-order valence-corrected chi connectivity index (χ0v) is 13.1. The molecule has 1 aliphatic heterocycles. The maximum absolute atomic E-state index is 11.7. The minimum atomic E-state index is -0.690. The molecule has 0 bridgehead atoms. The van der Waals surface area contributed by atoms with E-state index in [2.05, 4.69) is 15.5 Å². The van der Waals surface area contributed by atoms with Crippen molar-refractivity contribution in [1.29, 1.82) is 0 Å². The molecule has 0 saturated carbocycles. The molecule has 1 aromatic carbocycles. The number of hydrogen-bond donors (Lipinski definition) is 1. The Bertz CT molecular complexity index is 878. The molecule has 0 fully saturated rings. The second-order valence-corrected chi connectivity index (χ2v) is 5.39. The molecule has 0 aliphatic carbocycles. The van der Waals surface area contributed by atoms with Gasteiger partial charge in [0.25, 0.3) is 17.3 Å². The van der Waals surface area contributed by atoms with Gasteiger partial charge in [0.15, 0.2) is 5.82 Å². The van der Waals surface area contributed by atoms with Gasteiger partial charge in [-0.25, -0.2) is 0 Å². The summed E-state index contributed by atoms with van der Waals surface area (Å²) in [5.41, 5.74) is -0.540. The van der Waals surface area contributed by atoms with E-state index in [0.29, 0.717) is 18.9 Å². The molecule has 2 aromatic rings. The van der Waals surface area contributed by atoms with E-state index < -0.39 is 9.85 Å². The largest absolute Gasteiger partial charge is 0.361 e. The van der Waals surface area contributed by atoms with Crippen LogP contribution in [0.4, 0.5) is 17.1 Å². The van der Waals surface area contributed by atoms with Crippen LogP contribution in [-0.2, 0) is 13.1 Å². The standard InChI is InChI=1S/C13H13N7O5/c1-17(7-11-15-16-12-13(21)14-4-5-18(11)12)9-3-2-8(19(22)23)6-10(9)20(24)25/h2-3,6H,4-5,7H2,1H3,(H,14,21). The third-order valence-corrected chi connectivity index (χ3v) is 3.81. The van der Waals surface area contributed by atoms with Crippen molar-refractivity contribution in [3.05, 3.63) is 50.1 Å². The zero-order chi connectivity index (χ0) is 18.1. The molecule has 1 aromatic heterocycles. The average molecular weight is 347 g/mol. The van der Waals surface area contributed by atoms with Gasteiger partial charge in [0, 0.05) is 26.2 Å². The highest BCUT2D eigenvalue weighted by Crippen LogP contribution is 2.32. The van der Waals surface area contributed by atoms with Crippen LogP contribution in [0.5, 0.6) is 0 Å². The first-order valence-electron chi connectivity index (χ1n) is 7.22. The van der Waals surface area contributed by atoms with Crippen molar-refractivity contribution < 1.29 is 14.6 Å². The van der Waals surface area contributed by atoms with Crippen molar-refractivity contribution in [2.75, 3.05) is 18.5 Å². The maximum Gasteiger partial charge on any atom is 0.299 e. The smallest absolute Gasteiger partial charge is 0.299 e. The first-order chi connectivity index (χ1) is 11.9. The molecule has 25 heavy (non-hydrogen) atoms. The Kier molecular flexibility index (Phi) is 4.00. The lowest BCUT2D eigenvalue weighted by molar-refractivity contribution is -0.393. The van der Waals surface area contributed by atoms with Gasteiger partial charge in [-0.2, -0.15) is 0 Å². The van der Waals surface area contributed by atoms with Crippen LogP contribution >= 0.6 is 0 Å². The lowest BCUT2D eigenvalue weighted by Gasteiger charge is -2.20. The van der Waals surface area contributed by atoms with Crippen molar-refractivity contribution in [3.63, 3.8) is 0 Å². The number of nitrogens with zero attached hydrogens (tertiary/aromatic N) is 6. The van der Waals surface area contributed by atoms with Crippen molar-refractivity contribution >= 4 is 23.0 Å². The molecule has 3 rings (SSSR count). The van der Waals surface area contributed by atoms with E-state index in [9.17, 15) is 25.0 Å². The second kappa shape index (κ2) is 6.14. The number of fused-ring (bicyclic) bond motifs is 1. The third kappa shape index (κ3) is 2.96. The lowest BCUT2D eigenvalue weighted by Crippen LogP contribution is -2.36. The van der Waals surface area contributed by atoms with E-state index in [1.54, 1.807) is 11.6 Å². The Hall–Kier alpha value is -3.57. The summed E-state index contributed by atoms with van der Waals surface area (Å²) >= 11 is 0. The molecule has 0 unspecified atom stereocenters. The number of amides is 1. The SMILES string of the molecule is CN(Cc1nnc2n1CCNC2=O)c1ccc([N+](=O)[O-])cc1[N+](=O)[O-]. The van der Waals surface area contributed by atoms with Gasteiger partial charge in [-0.05, 0) is 6.07 Å². The molecular weight excluding hydrogens is 334 g/mol. The van der Waals surface area contributed by atoms with Gasteiger partial charge in [0.05, 0.1) is 22.5 Å².